The molecule has 0 spiro atoms. The molecule has 1 aromatic heterocycles. The maximum atomic E-state index is 13.0. The molecule has 0 aliphatic rings. The number of nitrogens with one attached hydrogen (secondary N) is 1. The van der Waals surface area contributed by atoms with E-state index in [0.29, 0.717) is 24.3 Å². The molecule has 2 rings (SSSR count). The van der Waals surface area contributed by atoms with Crippen LogP contribution in [-0.4, -0.2) is 71.2 Å². The highest BCUT2D eigenvalue weighted by molar-refractivity contribution is 7.99. The monoisotopic (exact) mass is 524 g/mol. The Balaban J connectivity index is 2.18. The van der Waals surface area contributed by atoms with Crippen LogP contribution >= 0.6 is 11.8 Å². The van der Waals surface area contributed by atoms with Crippen LogP contribution in [0, 0.1) is 6.92 Å². The van der Waals surface area contributed by atoms with Crippen molar-refractivity contribution in [2.24, 2.45) is 0 Å². The molecule has 1 N–H and O–H groups in total. The second kappa shape index (κ2) is 13.4. The lowest BCUT2D eigenvalue weighted by molar-refractivity contribution is -0.113. The number of amides is 1. The number of benzene rings is 1. The lowest BCUT2D eigenvalue weighted by atomic mass is 10.2. The normalized spacial score (nSPS) is 12.9. The van der Waals surface area contributed by atoms with E-state index >= 15 is 0 Å². The Bertz CT molecular complexity index is 1080. The van der Waals surface area contributed by atoms with Crippen LogP contribution in [0.5, 0.6) is 0 Å². The summed E-state index contributed by atoms with van der Waals surface area (Å²) in [7, 11) is 0.439. The van der Waals surface area contributed by atoms with Gasteiger partial charge in [-0.3, -0.25) is 9.69 Å². The second-order valence-corrected chi connectivity index (χ2v) is 11.5. The summed E-state index contributed by atoms with van der Waals surface area (Å²) < 4.78 is 29.5. The Morgan fingerprint density at radius 1 is 1.14 bits per heavy atom. The minimum absolute atomic E-state index is 0.148. The van der Waals surface area contributed by atoms with Crippen molar-refractivity contribution < 1.29 is 13.2 Å². The zero-order chi connectivity index (χ0) is 26.2. The van der Waals surface area contributed by atoms with Gasteiger partial charge in [0.1, 0.15) is 0 Å². The summed E-state index contributed by atoms with van der Waals surface area (Å²) >= 11 is 1.34. The molecule has 1 heterocycles. The van der Waals surface area contributed by atoms with E-state index in [2.05, 4.69) is 38.8 Å². The van der Waals surface area contributed by atoms with Crippen molar-refractivity contribution in [3.8, 4) is 0 Å². The summed E-state index contributed by atoms with van der Waals surface area (Å²) in [6, 6.07) is 5.14. The van der Waals surface area contributed by atoms with Crippen LogP contribution in [-0.2, 0) is 21.4 Å². The largest absolute Gasteiger partial charge is 0.325 e. The van der Waals surface area contributed by atoms with E-state index < -0.39 is 10.0 Å². The van der Waals surface area contributed by atoms with E-state index in [9.17, 15) is 13.2 Å². The first-order valence-corrected chi connectivity index (χ1v) is 14.7. The number of anilines is 1. The summed E-state index contributed by atoms with van der Waals surface area (Å²) in [5.74, 6) is 0.838. The van der Waals surface area contributed by atoms with Crippen molar-refractivity contribution in [3.63, 3.8) is 0 Å². The van der Waals surface area contributed by atoms with Crippen molar-refractivity contribution >= 4 is 33.4 Å². The first kappa shape index (κ1) is 29.3. The zero-order valence-electron chi connectivity index (χ0n) is 22.0. The van der Waals surface area contributed by atoms with E-state index in [1.807, 2.05) is 27.9 Å². The van der Waals surface area contributed by atoms with Crippen LogP contribution in [0.2, 0.25) is 0 Å². The molecule has 1 amide bonds. The molecule has 0 saturated carbocycles. The number of hydrogen-bond donors (Lipinski definition) is 1. The molecule has 0 bridgehead atoms. The van der Waals surface area contributed by atoms with E-state index in [-0.39, 0.29) is 22.6 Å². The first-order valence-electron chi connectivity index (χ1n) is 12.2. The fourth-order valence-corrected chi connectivity index (χ4v) is 6.42. The molecule has 1 aromatic carbocycles. The van der Waals surface area contributed by atoms with Gasteiger partial charge in [-0.05, 0) is 51.6 Å². The molecule has 0 unspecified atom stereocenters. The van der Waals surface area contributed by atoms with Gasteiger partial charge in [0.25, 0.3) is 0 Å². The standard InChI is InChI=1S/C24H40N6O3S2/c1-8-12-15-30-23(20(9-2)28(6)7)26-27-24(30)34-17-22(31)25-19-14-13-18(5)21(16-19)35(32,33)29(10-3)11-4/h13-14,16,20H,8-12,15,17H2,1-7H3,(H,25,31)/t20-/m1/s1. The quantitative estimate of drug-likeness (QED) is 0.370. The second-order valence-electron chi connectivity index (χ2n) is 8.64. The molecule has 0 saturated heterocycles. The van der Waals surface area contributed by atoms with E-state index in [1.165, 1.54) is 22.1 Å². The van der Waals surface area contributed by atoms with Crippen LogP contribution in [0.25, 0.3) is 0 Å². The summed E-state index contributed by atoms with van der Waals surface area (Å²) in [6.07, 6.45) is 2.96. The maximum absolute atomic E-state index is 13.0. The molecular formula is C24H40N6O3S2. The average molecular weight is 525 g/mol. The highest BCUT2D eigenvalue weighted by Gasteiger charge is 2.25. The number of sulfonamides is 1. The van der Waals surface area contributed by atoms with E-state index in [1.54, 1.807) is 19.1 Å². The van der Waals surface area contributed by atoms with Gasteiger partial charge in [-0.25, -0.2) is 8.42 Å². The molecule has 11 heteroatoms. The maximum Gasteiger partial charge on any atom is 0.243 e. The number of thioether (sulfide) groups is 1. The van der Waals surface area contributed by atoms with Crippen molar-refractivity contribution in [1.29, 1.82) is 0 Å². The Morgan fingerprint density at radius 2 is 1.83 bits per heavy atom. The number of hydrogen-bond acceptors (Lipinski definition) is 7. The minimum atomic E-state index is -3.62. The predicted molar refractivity (Wildman–Crippen MR) is 142 cm³/mol. The number of aromatic nitrogens is 3. The molecule has 0 fully saturated rings. The Morgan fingerprint density at radius 3 is 2.40 bits per heavy atom. The van der Waals surface area contributed by atoms with Crippen molar-refractivity contribution in [3.05, 3.63) is 29.6 Å². The van der Waals surface area contributed by atoms with Gasteiger partial charge < -0.3 is 9.88 Å². The first-order chi connectivity index (χ1) is 16.6. The highest BCUT2D eigenvalue weighted by atomic mass is 32.2. The van der Waals surface area contributed by atoms with Gasteiger partial charge in [-0.2, -0.15) is 4.31 Å². The fourth-order valence-electron chi connectivity index (χ4n) is 3.94. The van der Waals surface area contributed by atoms with Gasteiger partial charge in [0, 0.05) is 25.3 Å². The summed E-state index contributed by atoms with van der Waals surface area (Å²) in [4.78, 5) is 15.1. The van der Waals surface area contributed by atoms with Crippen molar-refractivity contribution in [2.45, 2.75) is 76.5 Å². The smallest absolute Gasteiger partial charge is 0.243 e. The molecule has 1 atom stereocenters. The number of carbonyl (C=O) groups excluding carboxylic acids is 1. The summed E-state index contributed by atoms with van der Waals surface area (Å²) in [5.41, 5.74) is 1.10. The van der Waals surface area contributed by atoms with Gasteiger partial charge >= 0.3 is 0 Å². The lowest BCUT2D eigenvalue weighted by Crippen LogP contribution is -2.31. The molecular weight excluding hydrogens is 484 g/mol. The van der Waals surface area contributed by atoms with Crippen LogP contribution in [0.4, 0.5) is 5.69 Å². The van der Waals surface area contributed by atoms with Crippen molar-refractivity contribution in [1.82, 2.24) is 24.0 Å². The van der Waals surface area contributed by atoms with Crippen LogP contribution < -0.4 is 5.32 Å². The summed E-state index contributed by atoms with van der Waals surface area (Å²) in [6.45, 7) is 11.2. The molecule has 196 valence electrons. The number of aryl methyl sites for hydroxylation is 1. The summed E-state index contributed by atoms with van der Waals surface area (Å²) in [5, 5.41) is 12.4. The number of rotatable bonds is 14. The number of carbonyl (C=O) groups is 1. The average Bonchev–Trinajstić information content (AvgIpc) is 3.20. The SMILES string of the molecule is CCCCn1c(SCC(=O)Nc2ccc(C)c(S(=O)(=O)N(CC)CC)c2)nnc1[C@@H](CC)N(C)C. The molecule has 35 heavy (non-hydrogen) atoms. The molecule has 0 aliphatic carbocycles. The van der Waals surface area contributed by atoms with Crippen LogP contribution in [0.1, 0.15) is 64.4 Å². The lowest BCUT2D eigenvalue weighted by Gasteiger charge is -2.23. The van der Waals surface area contributed by atoms with Gasteiger partial charge in [-0.1, -0.05) is 51.9 Å². The third-order valence-electron chi connectivity index (χ3n) is 5.92. The highest BCUT2D eigenvalue weighted by Crippen LogP contribution is 2.27. The zero-order valence-corrected chi connectivity index (χ0v) is 23.7. The predicted octanol–water partition coefficient (Wildman–Crippen LogP) is 4.16. The third-order valence-corrected chi connectivity index (χ3v) is 9.07. The fraction of sp³-hybridized carbons (Fsp3) is 0.625. The van der Waals surface area contributed by atoms with Crippen molar-refractivity contribution in [2.75, 3.05) is 38.3 Å². The Hall–Kier alpha value is -1.95. The van der Waals surface area contributed by atoms with Gasteiger partial charge in [-0.15, -0.1) is 10.2 Å². The van der Waals surface area contributed by atoms with Gasteiger partial charge in [0.15, 0.2) is 11.0 Å². The van der Waals surface area contributed by atoms with Gasteiger partial charge in [0.2, 0.25) is 15.9 Å². The van der Waals surface area contributed by atoms with Crippen LogP contribution in [0.15, 0.2) is 28.3 Å². The Labute approximate surface area is 214 Å². The number of nitrogens with zero attached hydrogens (tertiary/aromatic N) is 5. The van der Waals surface area contributed by atoms with Crippen LogP contribution in [0.3, 0.4) is 0 Å². The molecule has 0 aliphatic heterocycles. The molecule has 2 aromatic rings. The van der Waals surface area contributed by atoms with E-state index in [0.717, 1.165) is 36.8 Å². The third kappa shape index (κ3) is 7.28. The molecule has 9 nitrogen and oxygen atoms in total. The van der Waals surface area contributed by atoms with E-state index in [4.69, 9.17) is 0 Å². The topological polar surface area (TPSA) is 100 Å². The van der Waals surface area contributed by atoms with Gasteiger partial charge in [0.05, 0.1) is 16.7 Å². The minimum Gasteiger partial charge on any atom is -0.325 e. The Kier molecular flexibility index (Phi) is 11.2. The molecule has 0 radical (unpaired) electrons. The number of unbranched alkanes of at least 4 members (excludes halogenated alkanes) is 1.